The number of carbonyl (C=O) groups is 2. The van der Waals surface area contributed by atoms with Crippen molar-refractivity contribution in [3.63, 3.8) is 0 Å². The molecule has 2 aromatic carbocycles. The summed E-state index contributed by atoms with van der Waals surface area (Å²) in [5, 5.41) is 3.48. The van der Waals surface area contributed by atoms with Crippen LogP contribution < -0.4 is 10.1 Å². The van der Waals surface area contributed by atoms with E-state index in [0.29, 0.717) is 43.2 Å². The first-order valence-corrected chi connectivity index (χ1v) is 10.7. The Hall–Kier alpha value is -3.00. The maximum atomic E-state index is 13.1. The molecule has 0 unspecified atom stereocenters. The molecular formula is C22H22FN3O3S. The molecule has 0 atom stereocenters. The van der Waals surface area contributed by atoms with Crippen LogP contribution in [0.3, 0.4) is 0 Å². The van der Waals surface area contributed by atoms with Crippen molar-refractivity contribution in [3.05, 3.63) is 53.8 Å². The Morgan fingerprint density at radius 2 is 1.93 bits per heavy atom. The minimum absolute atomic E-state index is 0.0760. The molecule has 1 N–H and O–H groups in total. The summed E-state index contributed by atoms with van der Waals surface area (Å²) in [7, 11) is 0. The van der Waals surface area contributed by atoms with E-state index in [1.165, 1.54) is 35.6 Å². The van der Waals surface area contributed by atoms with Gasteiger partial charge in [-0.15, -0.1) is 0 Å². The number of amides is 2. The third kappa shape index (κ3) is 4.43. The highest BCUT2D eigenvalue weighted by Crippen LogP contribution is 2.30. The van der Waals surface area contributed by atoms with E-state index >= 15 is 0 Å². The summed E-state index contributed by atoms with van der Waals surface area (Å²) in [5.74, 6) is 0.0296. The summed E-state index contributed by atoms with van der Waals surface area (Å²) in [6, 6.07) is 11.2. The third-order valence-electron chi connectivity index (χ3n) is 5.15. The summed E-state index contributed by atoms with van der Waals surface area (Å²) in [5.41, 5.74) is 1.28. The number of carbonyl (C=O) groups excluding carboxylic acids is 2. The van der Waals surface area contributed by atoms with Crippen molar-refractivity contribution in [2.24, 2.45) is 5.92 Å². The van der Waals surface area contributed by atoms with Gasteiger partial charge in [-0.25, -0.2) is 9.37 Å². The fourth-order valence-electron chi connectivity index (χ4n) is 3.54. The first-order chi connectivity index (χ1) is 14.5. The summed E-state index contributed by atoms with van der Waals surface area (Å²) in [6.07, 6.45) is 1.16. The lowest BCUT2D eigenvalue weighted by Gasteiger charge is -2.31. The number of hydrogen-bond donors (Lipinski definition) is 1. The van der Waals surface area contributed by atoms with E-state index in [1.807, 2.05) is 25.1 Å². The molecule has 0 aliphatic carbocycles. The van der Waals surface area contributed by atoms with Crippen molar-refractivity contribution in [1.82, 2.24) is 9.88 Å². The second-order valence-electron chi connectivity index (χ2n) is 7.14. The number of nitrogens with one attached hydrogen (secondary N) is 1. The van der Waals surface area contributed by atoms with Crippen molar-refractivity contribution < 1.29 is 18.7 Å². The van der Waals surface area contributed by atoms with Gasteiger partial charge in [0.05, 0.1) is 16.8 Å². The first-order valence-electron chi connectivity index (χ1n) is 9.92. The second kappa shape index (κ2) is 8.79. The third-order valence-corrected chi connectivity index (χ3v) is 6.08. The Kier molecular flexibility index (Phi) is 5.94. The van der Waals surface area contributed by atoms with E-state index in [-0.39, 0.29) is 23.5 Å². The molecule has 1 aliphatic heterocycles. The number of anilines is 1. The van der Waals surface area contributed by atoms with Crippen LogP contribution in [0.25, 0.3) is 10.2 Å². The van der Waals surface area contributed by atoms with E-state index < -0.39 is 0 Å². The van der Waals surface area contributed by atoms with Gasteiger partial charge in [-0.05, 0) is 62.2 Å². The Balaban J connectivity index is 1.34. The molecule has 8 heteroatoms. The van der Waals surface area contributed by atoms with Crippen molar-refractivity contribution in [3.8, 4) is 5.75 Å². The number of benzene rings is 2. The standard InChI is InChI=1S/C22H22FN3O3S/c1-2-29-17-7-8-18-19(13-17)30-22(24-18)25-20(27)14-9-11-26(12-10-14)21(28)15-3-5-16(23)6-4-15/h3-8,13-14H,2,9-12H2,1H3,(H,24,25,27). The zero-order valence-electron chi connectivity index (χ0n) is 16.6. The summed E-state index contributed by atoms with van der Waals surface area (Å²) < 4.78 is 19.5. The molecule has 0 radical (unpaired) electrons. The van der Waals surface area contributed by atoms with Crippen LogP contribution in [0.15, 0.2) is 42.5 Å². The molecule has 1 aromatic heterocycles. The van der Waals surface area contributed by atoms with Crippen LogP contribution in [0, 0.1) is 11.7 Å². The van der Waals surface area contributed by atoms with Crippen LogP contribution in [-0.2, 0) is 4.79 Å². The molecule has 1 fully saturated rings. The van der Waals surface area contributed by atoms with E-state index in [0.717, 1.165) is 16.0 Å². The van der Waals surface area contributed by atoms with Crippen molar-refractivity contribution in [1.29, 1.82) is 0 Å². The number of halogens is 1. The minimum atomic E-state index is -0.370. The number of ether oxygens (including phenoxy) is 1. The quantitative estimate of drug-likeness (QED) is 0.658. The van der Waals surface area contributed by atoms with Crippen molar-refractivity contribution in [2.45, 2.75) is 19.8 Å². The van der Waals surface area contributed by atoms with Crippen LogP contribution in [0.4, 0.5) is 9.52 Å². The van der Waals surface area contributed by atoms with Crippen LogP contribution in [0.2, 0.25) is 0 Å². The number of hydrogen-bond acceptors (Lipinski definition) is 5. The lowest BCUT2D eigenvalue weighted by atomic mass is 9.95. The van der Waals surface area contributed by atoms with E-state index in [1.54, 1.807) is 4.90 Å². The molecule has 156 valence electrons. The molecule has 2 heterocycles. The van der Waals surface area contributed by atoms with Crippen LogP contribution in [0.5, 0.6) is 5.75 Å². The van der Waals surface area contributed by atoms with E-state index in [2.05, 4.69) is 10.3 Å². The average molecular weight is 428 g/mol. The molecule has 0 bridgehead atoms. The molecule has 0 spiro atoms. The molecule has 6 nitrogen and oxygen atoms in total. The van der Waals surface area contributed by atoms with Crippen LogP contribution >= 0.6 is 11.3 Å². The smallest absolute Gasteiger partial charge is 0.253 e. The predicted molar refractivity (Wildman–Crippen MR) is 114 cm³/mol. The molecule has 4 rings (SSSR count). The highest BCUT2D eigenvalue weighted by molar-refractivity contribution is 7.22. The Morgan fingerprint density at radius 1 is 1.20 bits per heavy atom. The number of fused-ring (bicyclic) bond motifs is 1. The minimum Gasteiger partial charge on any atom is -0.494 e. The fourth-order valence-corrected chi connectivity index (χ4v) is 4.44. The highest BCUT2D eigenvalue weighted by atomic mass is 32.1. The normalized spacial score (nSPS) is 14.7. The van der Waals surface area contributed by atoms with Gasteiger partial charge in [-0.2, -0.15) is 0 Å². The zero-order valence-corrected chi connectivity index (χ0v) is 17.4. The van der Waals surface area contributed by atoms with Crippen LogP contribution in [-0.4, -0.2) is 41.4 Å². The summed E-state index contributed by atoms with van der Waals surface area (Å²) in [6.45, 7) is 3.51. The lowest BCUT2D eigenvalue weighted by molar-refractivity contribution is -0.121. The molecular weight excluding hydrogens is 405 g/mol. The van der Waals surface area contributed by atoms with E-state index in [4.69, 9.17) is 4.74 Å². The fraction of sp³-hybridized carbons (Fsp3) is 0.318. The number of likely N-dealkylation sites (tertiary alicyclic amines) is 1. The second-order valence-corrected chi connectivity index (χ2v) is 8.17. The van der Waals surface area contributed by atoms with Gasteiger partial charge in [-0.3, -0.25) is 9.59 Å². The Labute approximate surface area is 177 Å². The molecule has 0 saturated carbocycles. The number of piperidine rings is 1. The van der Waals surface area contributed by atoms with E-state index in [9.17, 15) is 14.0 Å². The topological polar surface area (TPSA) is 71.5 Å². The van der Waals surface area contributed by atoms with Gasteiger partial charge in [0.15, 0.2) is 5.13 Å². The summed E-state index contributed by atoms with van der Waals surface area (Å²) >= 11 is 1.42. The Bertz CT molecular complexity index is 1060. The SMILES string of the molecule is CCOc1ccc2nc(NC(=O)C3CCN(C(=O)c4ccc(F)cc4)CC3)sc2c1. The highest BCUT2D eigenvalue weighted by Gasteiger charge is 2.28. The van der Waals surface area contributed by atoms with Gasteiger partial charge in [-0.1, -0.05) is 11.3 Å². The van der Waals surface area contributed by atoms with Gasteiger partial charge in [0.25, 0.3) is 5.91 Å². The molecule has 1 aliphatic rings. The molecule has 1 saturated heterocycles. The van der Waals surface area contributed by atoms with Crippen molar-refractivity contribution in [2.75, 3.05) is 25.0 Å². The van der Waals surface area contributed by atoms with Crippen molar-refractivity contribution >= 4 is 38.5 Å². The molecule has 2 amide bonds. The average Bonchev–Trinajstić information content (AvgIpc) is 3.15. The number of thiazole rings is 1. The first kappa shape index (κ1) is 20.3. The number of nitrogens with zero attached hydrogens (tertiary/aromatic N) is 2. The summed E-state index contributed by atoms with van der Waals surface area (Å²) in [4.78, 5) is 31.4. The van der Waals surface area contributed by atoms with Gasteiger partial charge < -0.3 is 15.0 Å². The lowest BCUT2D eigenvalue weighted by Crippen LogP contribution is -2.41. The maximum Gasteiger partial charge on any atom is 0.253 e. The maximum absolute atomic E-state index is 13.1. The number of rotatable bonds is 5. The largest absolute Gasteiger partial charge is 0.494 e. The van der Waals surface area contributed by atoms with Gasteiger partial charge in [0.2, 0.25) is 5.91 Å². The molecule has 30 heavy (non-hydrogen) atoms. The zero-order chi connectivity index (χ0) is 21.1. The van der Waals surface area contributed by atoms with Gasteiger partial charge >= 0.3 is 0 Å². The Morgan fingerprint density at radius 3 is 2.63 bits per heavy atom. The molecule has 3 aromatic rings. The van der Waals surface area contributed by atoms with Crippen LogP contribution in [0.1, 0.15) is 30.1 Å². The monoisotopic (exact) mass is 427 g/mol. The van der Waals surface area contributed by atoms with Gasteiger partial charge in [0, 0.05) is 24.6 Å². The number of aromatic nitrogens is 1. The van der Waals surface area contributed by atoms with Gasteiger partial charge in [0.1, 0.15) is 11.6 Å². The predicted octanol–water partition coefficient (Wildman–Crippen LogP) is 4.33.